The van der Waals surface area contributed by atoms with Crippen LogP contribution in [0, 0.1) is 0 Å². The summed E-state index contributed by atoms with van der Waals surface area (Å²) in [6, 6.07) is 4.10. The second kappa shape index (κ2) is 9.98. The second-order valence-electron chi connectivity index (χ2n) is 8.54. The number of aromatic nitrogens is 1. The first-order valence-corrected chi connectivity index (χ1v) is 10.7. The third-order valence-corrected chi connectivity index (χ3v) is 5.79. The van der Waals surface area contributed by atoms with E-state index in [9.17, 15) is 0 Å². The monoisotopic (exact) mass is 415 g/mol. The van der Waals surface area contributed by atoms with E-state index in [2.05, 4.69) is 35.1 Å². The predicted octanol–water partition coefficient (Wildman–Crippen LogP) is 3.95. The lowest BCUT2D eigenvalue weighted by Crippen LogP contribution is -2.35. The Labute approximate surface area is 178 Å². The van der Waals surface area contributed by atoms with Gasteiger partial charge in [0, 0.05) is 35.4 Å². The van der Waals surface area contributed by atoms with Crippen molar-refractivity contribution in [2.45, 2.75) is 51.5 Å². The molecule has 1 saturated heterocycles. The quantitative estimate of drug-likeness (QED) is 0.546. The molecule has 0 amide bonds. The van der Waals surface area contributed by atoms with Gasteiger partial charge in [0.1, 0.15) is 0 Å². The summed E-state index contributed by atoms with van der Waals surface area (Å²) in [5, 5.41) is 11.7. The van der Waals surface area contributed by atoms with Gasteiger partial charge in [0.05, 0.1) is 19.2 Å². The number of methoxy groups -OCH3 is 1. The van der Waals surface area contributed by atoms with Crippen molar-refractivity contribution in [3.8, 4) is 11.5 Å². The smallest absolute Gasteiger partial charge is 0.290 e. The predicted molar refractivity (Wildman–Crippen MR) is 119 cm³/mol. The number of carboxylic acid groups (broad SMARTS) is 1. The maximum atomic E-state index is 8.36. The molecule has 164 valence electrons. The molecule has 0 bridgehead atoms. The summed E-state index contributed by atoms with van der Waals surface area (Å²) in [5.74, 6) is 1.57. The zero-order valence-electron chi connectivity index (χ0n) is 18.2. The lowest BCUT2D eigenvalue weighted by atomic mass is 9.89. The number of carbonyl (C=O) groups is 1. The van der Waals surface area contributed by atoms with E-state index in [0.29, 0.717) is 6.61 Å². The van der Waals surface area contributed by atoms with Crippen LogP contribution in [-0.2, 0) is 11.2 Å². The molecule has 7 nitrogen and oxygen atoms in total. The van der Waals surface area contributed by atoms with E-state index in [1.165, 1.54) is 37.2 Å². The van der Waals surface area contributed by atoms with E-state index in [4.69, 9.17) is 19.4 Å². The van der Waals surface area contributed by atoms with Crippen molar-refractivity contribution in [1.29, 1.82) is 0 Å². The number of anilines is 1. The fraction of sp³-hybridized carbons (Fsp3) is 0.565. The zero-order chi connectivity index (χ0) is 21.6. The van der Waals surface area contributed by atoms with Gasteiger partial charge in [-0.3, -0.25) is 9.78 Å². The molecule has 1 aromatic heterocycles. The third-order valence-electron chi connectivity index (χ3n) is 5.79. The number of aryl methyl sites for hydroxylation is 1. The molecule has 0 spiro atoms. The van der Waals surface area contributed by atoms with Crippen LogP contribution >= 0.6 is 0 Å². The summed E-state index contributed by atoms with van der Waals surface area (Å²) >= 11 is 0. The largest absolute Gasteiger partial charge is 0.493 e. The molecule has 4 rings (SSSR count). The Morgan fingerprint density at radius 3 is 2.70 bits per heavy atom. The number of hydrogen-bond donors (Lipinski definition) is 2. The molecule has 2 aliphatic heterocycles. The van der Waals surface area contributed by atoms with Crippen LogP contribution in [0.25, 0.3) is 10.9 Å². The van der Waals surface area contributed by atoms with Crippen molar-refractivity contribution in [2.24, 2.45) is 0 Å². The van der Waals surface area contributed by atoms with Crippen LogP contribution in [0.4, 0.5) is 5.69 Å². The summed E-state index contributed by atoms with van der Waals surface area (Å²) in [6.07, 6.45) is 7.87. The fourth-order valence-electron chi connectivity index (χ4n) is 4.18. The summed E-state index contributed by atoms with van der Waals surface area (Å²) in [6.45, 7) is 8.53. The van der Waals surface area contributed by atoms with Crippen molar-refractivity contribution in [1.82, 2.24) is 9.88 Å². The molecule has 1 fully saturated rings. The first kappa shape index (κ1) is 22.2. The van der Waals surface area contributed by atoms with Crippen LogP contribution < -0.4 is 14.8 Å². The van der Waals surface area contributed by atoms with E-state index in [1.807, 2.05) is 12.3 Å². The Bertz CT molecular complexity index is 863. The van der Waals surface area contributed by atoms with Crippen molar-refractivity contribution in [3.63, 3.8) is 0 Å². The van der Waals surface area contributed by atoms with Crippen LogP contribution in [0.5, 0.6) is 11.5 Å². The van der Waals surface area contributed by atoms with Gasteiger partial charge < -0.3 is 24.8 Å². The number of benzene rings is 1. The molecule has 0 atom stereocenters. The van der Waals surface area contributed by atoms with Gasteiger partial charge in [0.2, 0.25) is 0 Å². The summed E-state index contributed by atoms with van der Waals surface area (Å²) in [4.78, 5) is 15.6. The number of pyridine rings is 1. The lowest BCUT2D eigenvalue weighted by Gasteiger charge is -2.34. The number of nitrogens with zero attached hydrogens (tertiary/aromatic N) is 2. The lowest BCUT2D eigenvalue weighted by molar-refractivity contribution is -0.122. The molecular formula is C23H33N3O4. The van der Waals surface area contributed by atoms with Gasteiger partial charge in [-0.05, 0) is 70.7 Å². The maximum Gasteiger partial charge on any atom is 0.290 e. The normalized spacial score (nSPS) is 17.4. The highest BCUT2D eigenvalue weighted by Crippen LogP contribution is 2.40. The SMILES string of the molecule is COc1cc2c3c(cnc2cc1OCCCN1CCCC1)CCC(C)(C)N3.O=CO. The van der Waals surface area contributed by atoms with Crippen molar-refractivity contribution in [2.75, 3.05) is 38.7 Å². The number of rotatable bonds is 6. The fourth-order valence-corrected chi connectivity index (χ4v) is 4.18. The highest BCUT2D eigenvalue weighted by Gasteiger charge is 2.26. The molecular weight excluding hydrogens is 382 g/mol. The van der Waals surface area contributed by atoms with E-state index in [0.717, 1.165) is 48.2 Å². The third kappa shape index (κ3) is 5.33. The molecule has 0 saturated carbocycles. The number of hydrogen-bond acceptors (Lipinski definition) is 6. The molecule has 30 heavy (non-hydrogen) atoms. The standard InChI is InChI=1S/C22H31N3O2.CH2O2/c1-22(2)8-7-16-15-23-18-14-20(19(26-3)13-17(18)21(16)24-22)27-12-6-11-25-9-4-5-10-25;2-1-3/h13-15,24H,4-12H2,1-3H3;1H,(H,2,3). The molecule has 3 heterocycles. The van der Waals surface area contributed by atoms with Gasteiger partial charge in [-0.25, -0.2) is 0 Å². The van der Waals surface area contributed by atoms with Crippen molar-refractivity contribution >= 4 is 23.1 Å². The minimum absolute atomic E-state index is 0.0965. The Morgan fingerprint density at radius 1 is 1.27 bits per heavy atom. The number of likely N-dealkylation sites (tertiary alicyclic amines) is 1. The molecule has 0 unspecified atom stereocenters. The van der Waals surface area contributed by atoms with Gasteiger partial charge in [-0.1, -0.05) is 0 Å². The van der Waals surface area contributed by atoms with Crippen LogP contribution in [-0.4, -0.2) is 60.4 Å². The molecule has 2 N–H and O–H groups in total. The van der Waals surface area contributed by atoms with E-state index >= 15 is 0 Å². The average Bonchev–Trinajstić information content (AvgIpc) is 3.24. The molecule has 0 radical (unpaired) electrons. The highest BCUT2D eigenvalue weighted by molar-refractivity contribution is 5.95. The van der Waals surface area contributed by atoms with Gasteiger partial charge in [-0.2, -0.15) is 0 Å². The number of nitrogens with one attached hydrogen (secondary N) is 1. The Hall–Kier alpha value is -2.54. The molecule has 2 aromatic rings. The molecule has 2 aliphatic rings. The van der Waals surface area contributed by atoms with Gasteiger partial charge in [0.25, 0.3) is 6.47 Å². The molecule has 1 aromatic carbocycles. The molecule has 0 aliphatic carbocycles. The highest BCUT2D eigenvalue weighted by atomic mass is 16.5. The minimum Gasteiger partial charge on any atom is -0.493 e. The topological polar surface area (TPSA) is 83.9 Å². The van der Waals surface area contributed by atoms with Gasteiger partial charge >= 0.3 is 0 Å². The summed E-state index contributed by atoms with van der Waals surface area (Å²) in [5.41, 5.74) is 3.52. The number of fused-ring (bicyclic) bond motifs is 3. The Balaban J connectivity index is 0.000000806. The molecule has 7 heteroatoms. The summed E-state index contributed by atoms with van der Waals surface area (Å²) < 4.78 is 11.7. The van der Waals surface area contributed by atoms with Gasteiger partial charge in [-0.15, -0.1) is 0 Å². The Morgan fingerprint density at radius 2 is 2.00 bits per heavy atom. The van der Waals surface area contributed by atoms with Crippen molar-refractivity contribution in [3.05, 3.63) is 23.9 Å². The first-order chi connectivity index (χ1) is 14.5. The van der Waals surface area contributed by atoms with Gasteiger partial charge in [0.15, 0.2) is 11.5 Å². The number of ether oxygens (including phenoxy) is 2. The van der Waals surface area contributed by atoms with E-state index < -0.39 is 0 Å². The minimum atomic E-state index is -0.250. The van der Waals surface area contributed by atoms with Crippen LogP contribution in [0.3, 0.4) is 0 Å². The van der Waals surface area contributed by atoms with Crippen LogP contribution in [0.15, 0.2) is 18.3 Å². The van der Waals surface area contributed by atoms with Crippen molar-refractivity contribution < 1.29 is 19.4 Å². The van der Waals surface area contributed by atoms with E-state index in [-0.39, 0.29) is 12.0 Å². The van der Waals surface area contributed by atoms with E-state index in [1.54, 1.807) is 7.11 Å². The Kier molecular flexibility index (Phi) is 7.37. The van der Waals surface area contributed by atoms with Crippen LogP contribution in [0.2, 0.25) is 0 Å². The average molecular weight is 416 g/mol. The van der Waals surface area contributed by atoms with Crippen LogP contribution in [0.1, 0.15) is 45.1 Å². The first-order valence-electron chi connectivity index (χ1n) is 10.7. The second-order valence-corrected chi connectivity index (χ2v) is 8.54. The summed E-state index contributed by atoms with van der Waals surface area (Å²) in [7, 11) is 1.71. The maximum absolute atomic E-state index is 8.36. The zero-order valence-corrected chi connectivity index (χ0v) is 18.2.